The fraction of sp³-hybridized carbons (Fsp3) is 0.211. The number of hydrogen-bond donors (Lipinski definition) is 0. The Kier molecular flexibility index (Phi) is 5.77. The standard InChI is InChI=1S/C19H20O2/c1-16(21-19(20)18-14-6-3-7-15-18)10-8-9-13-17-11-4-2-5-12-17/h2-7,9,11-16H,8,10H2,1H3. The SMILES string of the molecule is CC(CCC=Cc1ccccc1)OC(=O)c1ccccc1. The fourth-order valence-corrected chi connectivity index (χ4v) is 2.00. The maximum absolute atomic E-state index is 11.9. The highest BCUT2D eigenvalue weighted by Crippen LogP contribution is 2.09. The quantitative estimate of drug-likeness (QED) is 0.715. The maximum atomic E-state index is 11.9. The van der Waals surface area contributed by atoms with E-state index in [-0.39, 0.29) is 12.1 Å². The molecular formula is C19H20O2. The van der Waals surface area contributed by atoms with Gasteiger partial charge in [0.25, 0.3) is 0 Å². The van der Waals surface area contributed by atoms with Crippen molar-refractivity contribution in [1.82, 2.24) is 0 Å². The number of carbonyl (C=O) groups is 1. The molecule has 0 bridgehead atoms. The summed E-state index contributed by atoms with van der Waals surface area (Å²) in [5.41, 5.74) is 1.79. The van der Waals surface area contributed by atoms with Gasteiger partial charge in [-0.2, -0.15) is 0 Å². The van der Waals surface area contributed by atoms with Gasteiger partial charge in [-0.3, -0.25) is 0 Å². The second kappa shape index (κ2) is 8.05. The molecule has 108 valence electrons. The van der Waals surface area contributed by atoms with E-state index in [2.05, 4.69) is 24.3 Å². The molecule has 0 aliphatic rings. The molecule has 0 saturated carbocycles. The Morgan fingerprint density at radius 1 is 1.05 bits per heavy atom. The number of allylic oxidation sites excluding steroid dienone is 1. The molecule has 1 atom stereocenters. The van der Waals surface area contributed by atoms with Crippen LogP contribution in [0.25, 0.3) is 6.08 Å². The zero-order valence-corrected chi connectivity index (χ0v) is 12.2. The van der Waals surface area contributed by atoms with Gasteiger partial charge in [-0.05, 0) is 37.5 Å². The Morgan fingerprint density at radius 2 is 1.67 bits per heavy atom. The molecule has 2 heteroatoms. The molecule has 1 unspecified atom stereocenters. The molecule has 0 aliphatic carbocycles. The zero-order valence-electron chi connectivity index (χ0n) is 12.2. The van der Waals surface area contributed by atoms with Gasteiger partial charge >= 0.3 is 5.97 Å². The van der Waals surface area contributed by atoms with Crippen LogP contribution in [-0.4, -0.2) is 12.1 Å². The summed E-state index contributed by atoms with van der Waals surface area (Å²) in [6.45, 7) is 1.93. The van der Waals surface area contributed by atoms with Crippen LogP contribution in [0, 0.1) is 0 Å². The van der Waals surface area contributed by atoms with Crippen LogP contribution in [0.1, 0.15) is 35.7 Å². The first-order chi connectivity index (χ1) is 10.3. The first-order valence-corrected chi connectivity index (χ1v) is 7.23. The minimum atomic E-state index is -0.255. The van der Waals surface area contributed by atoms with Crippen molar-refractivity contribution < 1.29 is 9.53 Å². The van der Waals surface area contributed by atoms with Gasteiger partial charge in [0, 0.05) is 0 Å². The Bertz CT molecular complexity index is 573. The molecule has 2 rings (SSSR count). The molecule has 0 fully saturated rings. The minimum Gasteiger partial charge on any atom is -0.459 e. The number of carbonyl (C=O) groups excluding carboxylic acids is 1. The molecule has 0 aromatic heterocycles. The van der Waals surface area contributed by atoms with Gasteiger partial charge in [-0.1, -0.05) is 60.7 Å². The first kappa shape index (κ1) is 15.0. The highest BCUT2D eigenvalue weighted by molar-refractivity contribution is 5.89. The van der Waals surface area contributed by atoms with Gasteiger partial charge in [0.2, 0.25) is 0 Å². The van der Waals surface area contributed by atoms with Crippen LogP contribution in [0.5, 0.6) is 0 Å². The number of hydrogen-bond acceptors (Lipinski definition) is 2. The molecule has 0 N–H and O–H groups in total. The molecule has 0 spiro atoms. The highest BCUT2D eigenvalue weighted by atomic mass is 16.5. The number of ether oxygens (including phenoxy) is 1. The summed E-state index contributed by atoms with van der Waals surface area (Å²) in [6.07, 6.45) is 5.83. The molecule has 21 heavy (non-hydrogen) atoms. The van der Waals surface area contributed by atoms with E-state index >= 15 is 0 Å². The summed E-state index contributed by atoms with van der Waals surface area (Å²) in [7, 11) is 0. The van der Waals surface area contributed by atoms with Crippen molar-refractivity contribution in [1.29, 1.82) is 0 Å². The van der Waals surface area contributed by atoms with Crippen LogP contribution in [-0.2, 0) is 4.74 Å². The third-order valence-electron chi connectivity index (χ3n) is 3.17. The number of rotatable bonds is 6. The molecule has 0 saturated heterocycles. The second-order valence-electron chi connectivity index (χ2n) is 4.97. The van der Waals surface area contributed by atoms with Crippen LogP contribution < -0.4 is 0 Å². The van der Waals surface area contributed by atoms with E-state index in [0.717, 1.165) is 12.8 Å². The Balaban J connectivity index is 1.74. The van der Waals surface area contributed by atoms with Crippen LogP contribution >= 0.6 is 0 Å². The van der Waals surface area contributed by atoms with Gasteiger partial charge in [-0.15, -0.1) is 0 Å². The molecular weight excluding hydrogens is 260 g/mol. The van der Waals surface area contributed by atoms with Crippen LogP contribution in [0.3, 0.4) is 0 Å². The van der Waals surface area contributed by atoms with E-state index < -0.39 is 0 Å². The van der Waals surface area contributed by atoms with Crippen molar-refractivity contribution in [3.05, 3.63) is 77.9 Å². The molecule has 0 radical (unpaired) electrons. The van der Waals surface area contributed by atoms with E-state index in [0.29, 0.717) is 5.56 Å². The van der Waals surface area contributed by atoms with Crippen molar-refractivity contribution >= 4 is 12.0 Å². The van der Waals surface area contributed by atoms with Gasteiger partial charge in [0.1, 0.15) is 0 Å². The summed E-state index contributed by atoms with van der Waals surface area (Å²) in [4.78, 5) is 11.9. The van der Waals surface area contributed by atoms with E-state index in [1.807, 2.05) is 43.3 Å². The third kappa shape index (κ3) is 5.27. The molecule has 2 aromatic carbocycles. The van der Waals surface area contributed by atoms with Crippen molar-refractivity contribution in [3.8, 4) is 0 Å². The summed E-state index contributed by atoms with van der Waals surface area (Å²) in [5, 5.41) is 0. The number of benzene rings is 2. The zero-order chi connectivity index (χ0) is 14.9. The lowest BCUT2D eigenvalue weighted by molar-refractivity contribution is 0.0327. The molecule has 2 aromatic rings. The summed E-state index contributed by atoms with van der Waals surface area (Å²) >= 11 is 0. The van der Waals surface area contributed by atoms with E-state index in [1.165, 1.54) is 5.56 Å². The lowest BCUT2D eigenvalue weighted by Crippen LogP contribution is -2.14. The van der Waals surface area contributed by atoms with Crippen LogP contribution in [0.4, 0.5) is 0 Å². The predicted octanol–water partition coefficient (Wildman–Crippen LogP) is 4.73. The molecule has 0 heterocycles. The topological polar surface area (TPSA) is 26.3 Å². The smallest absolute Gasteiger partial charge is 0.338 e. The fourth-order valence-electron chi connectivity index (χ4n) is 2.00. The lowest BCUT2D eigenvalue weighted by atomic mass is 10.1. The maximum Gasteiger partial charge on any atom is 0.338 e. The first-order valence-electron chi connectivity index (χ1n) is 7.23. The molecule has 2 nitrogen and oxygen atoms in total. The minimum absolute atomic E-state index is 0.0851. The van der Waals surface area contributed by atoms with Crippen molar-refractivity contribution in [2.24, 2.45) is 0 Å². The highest BCUT2D eigenvalue weighted by Gasteiger charge is 2.10. The van der Waals surface area contributed by atoms with Gasteiger partial charge in [0.15, 0.2) is 0 Å². The monoisotopic (exact) mass is 280 g/mol. The Morgan fingerprint density at radius 3 is 2.33 bits per heavy atom. The summed E-state index contributed by atoms with van der Waals surface area (Å²) in [6, 6.07) is 19.3. The Labute approximate surface area is 126 Å². The van der Waals surface area contributed by atoms with E-state index in [9.17, 15) is 4.79 Å². The van der Waals surface area contributed by atoms with Gasteiger partial charge < -0.3 is 4.74 Å². The van der Waals surface area contributed by atoms with Crippen LogP contribution in [0.2, 0.25) is 0 Å². The predicted molar refractivity (Wildman–Crippen MR) is 86.0 cm³/mol. The summed E-state index contributed by atoms with van der Waals surface area (Å²) in [5.74, 6) is -0.255. The van der Waals surface area contributed by atoms with E-state index in [1.54, 1.807) is 12.1 Å². The van der Waals surface area contributed by atoms with Crippen LogP contribution in [0.15, 0.2) is 66.7 Å². The normalized spacial score (nSPS) is 12.2. The average Bonchev–Trinajstić information content (AvgIpc) is 2.53. The second-order valence-corrected chi connectivity index (χ2v) is 4.97. The van der Waals surface area contributed by atoms with Crippen molar-refractivity contribution in [3.63, 3.8) is 0 Å². The van der Waals surface area contributed by atoms with E-state index in [4.69, 9.17) is 4.74 Å². The molecule has 0 aliphatic heterocycles. The third-order valence-corrected chi connectivity index (χ3v) is 3.17. The average molecular weight is 280 g/mol. The largest absolute Gasteiger partial charge is 0.459 e. The number of esters is 1. The van der Waals surface area contributed by atoms with Crippen molar-refractivity contribution in [2.75, 3.05) is 0 Å². The molecule has 0 amide bonds. The van der Waals surface area contributed by atoms with Gasteiger partial charge in [0.05, 0.1) is 11.7 Å². The van der Waals surface area contributed by atoms with Crippen molar-refractivity contribution in [2.45, 2.75) is 25.9 Å². The summed E-state index contributed by atoms with van der Waals surface area (Å²) < 4.78 is 5.42. The lowest BCUT2D eigenvalue weighted by Gasteiger charge is -2.12. The Hall–Kier alpha value is -2.35. The van der Waals surface area contributed by atoms with Gasteiger partial charge in [-0.25, -0.2) is 4.79 Å².